The minimum atomic E-state index is -0.153. The second-order valence-corrected chi connectivity index (χ2v) is 7.56. The van der Waals surface area contributed by atoms with E-state index >= 15 is 0 Å². The van der Waals surface area contributed by atoms with Crippen LogP contribution in [0.1, 0.15) is 42.2 Å². The van der Waals surface area contributed by atoms with Crippen LogP contribution >= 0.6 is 0 Å². The van der Waals surface area contributed by atoms with E-state index in [1.807, 2.05) is 26.0 Å². The van der Waals surface area contributed by atoms with Crippen molar-refractivity contribution in [1.29, 1.82) is 0 Å². The van der Waals surface area contributed by atoms with E-state index < -0.39 is 0 Å². The van der Waals surface area contributed by atoms with Crippen LogP contribution < -0.4 is 15.5 Å². The van der Waals surface area contributed by atoms with Gasteiger partial charge in [-0.15, -0.1) is 0 Å². The molecule has 2 N–H and O–H groups in total. The number of hydrogen-bond donors (Lipinski definition) is 2. The molecule has 1 amide bonds. The zero-order valence-electron chi connectivity index (χ0n) is 15.9. The lowest BCUT2D eigenvalue weighted by molar-refractivity contribution is 0.0950. The number of aromatic nitrogens is 3. The summed E-state index contributed by atoms with van der Waals surface area (Å²) in [4.78, 5) is 27.7. The number of pyridine rings is 1. The van der Waals surface area contributed by atoms with E-state index in [0.717, 1.165) is 42.0 Å². The van der Waals surface area contributed by atoms with E-state index in [0.29, 0.717) is 18.2 Å². The van der Waals surface area contributed by atoms with E-state index in [4.69, 9.17) is 4.98 Å². The van der Waals surface area contributed by atoms with Crippen LogP contribution in [0.15, 0.2) is 24.5 Å². The topological polar surface area (TPSA) is 83.0 Å². The number of fused-ring (bicyclic) bond motifs is 2. The number of hydrogen-bond acceptors (Lipinski definition) is 6. The summed E-state index contributed by atoms with van der Waals surface area (Å²) in [5, 5.41) is 5.99. The quantitative estimate of drug-likeness (QED) is 0.847. The number of piperidine rings is 1. The minimum Gasteiger partial charge on any atom is -0.356 e. The fourth-order valence-corrected chi connectivity index (χ4v) is 4.23. The maximum Gasteiger partial charge on any atom is 0.270 e. The highest BCUT2D eigenvalue weighted by Gasteiger charge is 2.33. The second-order valence-electron chi connectivity index (χ2n) is 7.56. The van der Waals surface area contributed by atoms with Gasteiger partial charge in [0, 0.05) is 25.8 Å². The van der Waals surface area contributed by atoms with Crippen LogP contribution in [0.4, 0.5) is 17.5 Å². The molecule has 7 heteroatoms. The third kappa shape index (κ3) is 3.86. The minimum absolute atomic E-state index is 0.153. The maximum absolute atomic E-state index is 12.0. The number of nitrogens with one attached hydrogen (secondary N) is 2. The Balaban J connectivity index is 1.48. The predicted molar refractivity (Wildman–Crippen MR) is 105 cm³/mol. The van der Waals surface area contributed by atoms with Crippen LogP contribution in [0.5, 0.6) is 0 Å². The van der Waals surface area contributed by atoms with Crippen LogP contribution in [0, 0.1) is 18.8 Å². The number of aryl methyl sites for hydroxylation is 1. The Morgan fingerprint density at radius 3 is 2.74 bits per heavy atom. The molecular weight excluding hydrogens is 340 g/mol. The molecule has 2 atom stereocenters. The Labute approximate surface area is 159 Å². The molecule has 2 fully saturated rings. The highest BCUT2D eigenvalue weighted by Crippen LogP contribution is 2.37. The summed E-state index contributed by atoms with van der Waals surface area (Å²) in [6.07, 6.45) is 7.51. The Morgan fingerprint density at radius 2 is 2.04 bits per heavy atom. The molecule has 1 aliphatic carbocycles. The third-order valence-electron chi connectivity index (χ3n) is 5.46. The Bertz CT molecular complexity index is 827. The fraction of sp³-hybridized carbons (Fsp3) is 0.500. The van der Waals surface area contributed by atoms with E-state index in [-0.39, 0.29) is 5.91 Å². The summed E-state index contributed by atoms with van der Waals surface area (Å²) in [5.74, 6) is 3.00. The summed E-state index contributed by atoms with van der Waals surface area (Å²) >= 11 is 0. The molecule has 27 heavy (non-hydrogen) atoms. The predicted octanol–water partition coefficient (Wildman–Crippen LogP) is 2.91. The van der Waals surface area contributed by atoms with Gasteiger partial charge >= 0.3 is 0 Å². The van der Waals surface area contributed by atoms with Crippen molar-refractivity contribution < 1.29 is 4.79 Å². The standard InChI is InChI=1S/C20H26N6O/c1-3-21-19(27)18-13(2)8-16(10-23-18)24-20-22-7-6-17(25-20)26-11-14-4-5-15(9-14)12-26/h6-8,10,14-15H,3-5,9,11-12H2,1-2H3,(H,21,27)(H,22,24,25)/t14-,15+. The van der Waals surface area contributed by atoms with Crippen molar-refractivity contribution in [3.05, 3.63) is 35.8 Å². The van der Waals surface area contributed by atoms with Crippen molar-refractivity contribution >= 4 is 23.4 Å². The highest BCUT2D eigenvalue weighted by atomic mass is 16.1. The number of nitrogens with zero attached hydrogens (tertiary/aromatic N) is 4. The van der Waals surface area contributed by atoms with Crippen molar-refractivity contribution in [2.75, 3.05) is 29.9 Å². The van der Waals surface area contributed by atoms with Gasteiger partial charge in [0.2, 0.25) is 5.95 Å². The summed E-state index contributed by atoms with van der Waals surface area (Å²) in [7, 11) is 0. The summed E-state index contributed by atoms with van der Waals surface area (Å²) in [6, 6.07) is 3.88. The molecule has 4 rings (SSSR count). The van der Waals surface area contributed by atoms with Crippen LogP contribution in [-0.4, -0.2) is 40.5 Å². The van der Waals surface area contributed by atoms with Crippen molar-refractivity contribution in [3.8, 4) is 0 Å². The first kappa shape index (κ1) is 17.7. The number of rotatable bonds is 5. The largest absolute Gasteiger partial charge is 0.356 e. The molecular formula is C20H26N6O. The van der Waals surface area contributed by atoms with Gasteiger partial charge in [0.05, 0.1) is 11.9 Å². The molecule has 7 nitrogen and oxygen atoms in total. The molecule has 0 radical (unpaired) electrons. The van der Waals surface area contributed by atoms with Gasteiger partial charge in [0.25, 0.3) is 5.91 Å². The first-order valence-electron chi connectivity index (χ1n) is 9.72. The molecule has 0 spiro atoms. The second kappa shape index (κ2) is 7.50. The van der Waals surface area contributed by atoms with E-state index in [1.54, 1.807) is 12.4 Å². The average Bonchev–Trinajstić information content (AvgIpc) is 3.00. The molecule has 1 aliphatic heterocycles. The van der Waals surface area contributed by atoms with Gasteiger partial charge in [-0.3, -0.25) is 4.79 Å². The smallest absolute Gasteiger partial charge is 0.270 e. The lowest BCUT2D eigenvalue weighted by atomic mass is 9.99. The van der Waals surface area contributed by atoms with Crippen molar-refractivity contribution in [3.63, 3.8) is 0 Å². The van der Waals surface area contributed by atoms with Gasteiger partial charge < -0.3 is 15.5 Å². The van der Waals surface area contributed by atoms with Crippen molar-refractivity contribution in [1.82, 2.24) is 20.3 Å². The maximum atomic E-state index is 12.0. The molecule has 2 bridgehead atoms. The lowest BCUT2D eigenvalue weighted by Crippen LogP contribution is -2.36. The fourth-order valence-electron chi connectivity index (χ4n) is 4.23. The van der Waals surface area contributed by atoms with E-state index in [2.05, 4.69) is 25.5 Å². The van der Waals surface area contributed by atoms with Gasteiger partial charge in [-0.05, 0) is 62.6 Å². The Hall–Kier alpha value is -2.70. The third-order valence-corrected chi connectivity index (χ3v) is 5.46. The average molecular weight is 366 g/mol. The van der Waals surface area contributed by atoms with E-state index in [9.17, 15) is 4.79 Å². The number of carbonyl (C=O) groups excluding carboxylic acids is 1. The monoisotopic (exact) mass is 366 g/mol. The van der Waals surface area contributed by atoms with Gasteiger partial charge in [-0.25, -0.2) is 9.97 Å². The molecule has 2 aliphatic rings. The first-order chi connectivity index (χ1) is 13.1. The molecule has 1 saturated carbocycles. The van der Waals surface area contributed by atoms with Gasteiger partial charge in [-0.2, -0.15) is 4.98 Å². The van der Waals surface area contributed by atoms with Crippen LogP contribution in [0.3, 0.4) is 0 Å². The Kier molecular flexibility index (Phi) is 4.92. The molecule has 142 valence electrons. The molecule has 0 aromatic carbocycles. The van der Waals surface area contributed by atoms with Gasteiger partial charge in [-0.1, -0.05) is 0 Å². The van der Waals surface area contributed by atoms with Gasteiger partial charge in [0.1, 0.15) is 11.5 Å². The zero-order chi connectivity index (χ0) is 18.8. The SMILES string of the molecule is CCNC(=O)c1ncc(Nc2nccc(N3C[C@@H]4CC[C@@H](C4)C3)n2)cc1C. The van der Waals surface area contributed by atoms with Crippen LogP contribution in [0.2, 0.25) is 0 Å². The number of anilines is 3. The van der Waals surface area contributed by atoms with Gasteiger partial charge in [0.15, 0.2) is 0 Å². The van der Waals surface area contributed by atoms with E-state index in [1.165, 1.54) is 19.3 Å². The summed E-state index contributed by atoms with van der Waals surface area (Å²) in [5.41, 5.74) is 2.03. The number of amides is 1. The molecule has 0 unspecified atom stereocenters. The van der Waals surface area contributed by atoms with Crippen LogP contribution in [-0.2, 0) is 0 Å². The summed E-state index contributed by atoms with van der Waals surface area (Å²) in [6.45, 7) is 6.54. The number of carbonyl (C=O) groups is 1. The molecule has 1 saturated heterocycles. The lowest BCUT2D eigenvalue weighted by Gasteiger charge is -2.32. The molecule has 2 aromatic heterocycles. The summed E-state index contributed by atoms with van der Waals surface area (Å²) < 4.78 is 0. The zero-order valence-corrected chi connectivity index (χ0v) is 15.9. The Morgan fingerprint density at radius 1 is 1.26 bits per heavy atom. The first-order valence-corrected chi connectivity index (χ1v) is 9.72. The molecule has 3 heterocycles. The van der Waals surface area contributed by atoms with Crippen LogP contribution in [0.25, 0.3) is 0 Å². The molecule has 2 aromatic rings. The highest BCUT2D eigenvalue weighted by molar-refractivity contribution is 5.93. The van der Waals surface area contributed by atoms with Crippen molar-refractivity contribution in [2.45, 2.75) is 33.1 Å². The normalized spacial score (nSPS) is 21.2. The van der Waals surface area contributed by atoms with Crippen molar-refractivity contribution in [2.24, 2.45) is 11.8 Å².